The summed E-state index contributed by atoms with van der Waals surface area (Å²) in [6.45, 7) is 1.29. The Balaban J connectivity index is 3.34. The summed E-state index contributed by atoms with van der Waals surface area (Å²) in [4.78, 5) is 11.4. The van der Waals surface area contributed by atoms with Gasteiger partial charge in [0.15, 0.2) is 5.75 Å². The molecule has 1 aromatic carbocycles. The van der Waals surface area contributed by atoms with E-state index in [0.29, 0.717) is 18.2 Å². The highest BCUT2D eigenvalue weighted by molar-refractivity contribution is 7.88. The first kappa shape index (κ1) is 25.1. The van der Waals surface area contributed by atoms with Gasteiger partial charge in [0.25, 0.3) is 0 Å². The zero-order valence-electron chi connectivity index (χ0n) is 13.7. The van der Waals surface area contributed by atoms with E-state index in [1.165, 1.54) is 6.92 Å². The maximum atomic E-state index is 13.6. The first-order valence-electron chi connectivity index (χ1n) is 6.94. The van der Waals surface area contributed by atoms with Crippen LogP contribution >= 0.6 is 11.6 Å². The summed E-state index contributed by atoms with van der Waals surface area (Å²) in [6, 6.07) is 1.66. The number of esters is 1. The summed E-state index contributed by atoms with van der Waals surface area (Å²) in [7, 11) is -7.14. The molecule has 0 aromatic heterocycles. The average molecular weight is 483 g/mol. The highest BCUT2D eigenvalue weighted by atomic mass is 35.5. The van der Waals surface area contributed by atoms with Gasteiger partial charge >= 0.3 is 39.4 Å². The second kappa shape index (κ2) is 7.74. The third-order valence-electron chi connectivity index (χ3n) is 3.07. The topological polar surface area (TPSA) is 69.7 Å². The number of hydrogen-bond donors (Lipinski definition) is 0. The van der Waals surface area contributed by atoms with Crippen LogP contribution in [0.2, 0.25) is 5.02 Å². The molecule has 1 rings (SSSR count). The van der Waals surface area contributed by atoms with Crippen LogP contribution in [0.1, 0.15) is 17.3 Å². The van der Waals surface area contributed by atoms with Gasteiger partial charge in [0.05, 0.1) is 17.2 Å². The van der Waals surface area contributed by atoms with Crippen molar-refractivity contribution >= 4 is 27.7 Å². The van der Waals surface area contributed by atoms with E-state index in [2.05, 4.69) is 8.92 Å². The SMILES string of the molecule is CCOC(=O)c1ccc(OS(=O)(=O)C(F)(F)C(F)(F)C(F)(F)C(F)(F)F)c(Cl)c1. The number of carbonyl (C=O) groups is 1. The molecule has 0 bridgehead atoms. The van der Waals surface area contributed by atoms with Gasteiger partial charge in [-0.3, -0.25) is 0 Å². The molecule has 0 N–H and O–H groups in total. The molecule has 0 unspecified atom stereocenters. The highest BCUT2D eigenvalue weighted by Crippen LogP contribution is 2.55. The van der Waals surface area contributed by atoms with Crippen molar-refractivity contribution in [2.24, 2.45) is 0 Å². The van der Waals surface area contributed by atoms with Gasteiger partial charge in [0.1, 0.15) is 0 Å². The van der Waals surface area contributed by atoms with Crippen molar-refractivity contribution in [1.82, 2.24) is 0 Å². The van der Waals surface area contributed by atoms with E-state index in [4.69, 9.17) is 11.6 Å². The number of ether oxygens (including phenoxy) is 1. The van der Waals surface area contributed by atoms with Gasteiger partial charge < -0.3 is 8.92 Å². The van der Waals surface area contributed by atoms with E-state index < -0.39 is 50.1 Å². The summed E-state index contributed by atoms with van der Waals surface area (Å²) < 4.78 is 146. The van der Waals surface area contributed by atoms with Crippen molar-refractivity contribution in [2.45, 2.75) is 30.2 Å². The molecule has 0 atom stereocenters. The maximum absolute atomic E-state index is 13.6. The molecule has 0 aliphatic carbocycles. The molecule has 1 aromatic rings. The molecule has 0 heterocycles. The molecule has 0 saturated carbocycles. The zero-order chi connectivity index (χ0) is 23.1. The molecule has 0 spiro atoms. The van der Waals surface area contributed by atoms with Crippen LogP contribution in [0.4, 0.5) is 39.5 Å². The third kappa shape index (κ3) is 4.34. The Bertz CT molecular complexity index is 883. The van der Waals surface area contributed by atoms with Crippen molar-refractivity contribution in [3.8, 4) is 5.75 Å². The Morgan fingerprint density at radius 2 is 1.52 bits per heavy atom. The minimum atomic E-state index is -7.45. The lowest BCUT2D eigenvalue weighted by molar-refractivity contribution is -0.382. The van der Waals surface area contributed by atoms with Crippen LogP contribution in [-0.4, -0.2) is 44.3 Å². The monoisotopic (exact) mass is 482 g/mol. The zero-order valence-corrected chi connectivity index (χ0v) is 15.2. The van der Waals surface area contributed by atoms with Crippen molar-refractivity contribution in [2.75, 3.05) is 6.61 Å². The molecule has 0 aliphatic heterocycles. The van der Waals surface area contributed by atoms with Crippen LogP contribution in [0.25, 0.3) is 0 Å². The third-order valence-corrected chi connectivity index (χ3v) is 4.65. The molecule has 0 fully saturated rings. The summed E-state index contributed by atoms with van der Waals surface area (Å²) in [6.07, 6.45) is -7.21. The van der Waals surface area contributed by atoms with Gasteiger partial charge in [-0.1, -0.05) is 11.6 Å². The molecule has 0 saturated heterocycles. The second-order valence-corrected chi connectivity index (χ2v) is 7.06. The first-order valence-corrected chi connectivity index (χ1v) is 8.73. The van der Waals surface area contributed by atoms with Crippen LogP contribution in [-0.2, 0) is 14.9 Å². The van der Waals surface area contributed by atoms with Gasteiger partial charge in [0, 0.05) is 0 Å². The second-order valence-electron chi connectivity index (χ2n) is 5.07. The van der Waals surface area contributed by atoms with E-state index in [0.717, 1.165) is 0 Å². The van der Waals surface area contributed by atoms with Crippen LogP contribution in [0, 0.1) is 0 Å². The van der Waals surface area contributed by atoms with E-state index in [-0.39, 0.29) is 12.2 Å². The molecule has 29 heavy (non-hydrogen) atoms. The average Bonchev–Trinajstić information content (AvgIpc) is 2.55. The lowest BCUT2D eigenvalue weighted by Crippen LogP contribution is -2.63. The Morgan fingerprint density at radius 1 is 1.00 bits per heavy atom. The minimum Gasteiger partial charge on any atom is -0.462 e. The number of hydrogen-bond acceptors (Lipinski definition) is 5. The number of carbonyl (C=O) groups excluding carboxylic acids is 1. The summed E-state index contributed by atoms with van der Waals surface area (Å²) >= 11 is 5.45. The predicted molar refractivity (Wildman–Crippen MR) is 77.9 cm³/mol. The highest BCUT2D eigenvalue weighted by Gasteiger charge is 2.86. The molecule has 16 heteroatoms. The lowest BCUT2D eigenvalue weighted by Gasteiger charge is -2.32. The van der Waals surface area contributed by atoms with Gasteiger partial charge in [-0.05, 0) is 25.1 Å². The smallest absolute Gasteiger partial charge is 0.460 e. The van der Waals surface area contributed by atoms with E-state index in [1.807, 2.05) is 0 Å². The van der Waals surface area contributed by atoms with Gasteiger partial charge in [-0.2, -0.15) is 47.9 Å². The van der Waals surface area contributed by atoms with Crippen molar-refractivity contribution in [3.63, 3.8) is 0 Å². The summed E-state index contributed by atoms with van der Waals surface area (Å²) in [5, 5.41) is -8.00. The van der Waals surface area contributed by atoms with Gasteiger partial charge in [0.2, 0.25) is 0 Å². The number of alkyl halides is 9. The quantitative estimate of drug-likeness (QED) is 0.321. The molecule has 5 nitrogen and oxygen atoms in total. The van der Waals surface area contributed by atoms with Crippen molar-refractivity contribution < 1.29 is 61.6 Å². The number of rotatable bonds is 7. The molecule has 166 valence electrons. The first-order chi connectivity index (χ1) is 12.8. The van der Waals surface area contributed by atoms with Crippen LogP contribution < -0.4 is 4.18 Å². The minimum absolute atomic E-state index is 0.113. The fourth-order valence-electron chi connectivity index (χ4n) is 1.60. The van der Waals surface area contributed by atoms with E-state index in [1.54, 1.807) is 0 Å². The fourth-order valence-corrected chi connectivity index (χ4v) is 2.79. The molecule has 0 amide bonds. The summed E-state index contributed by atoms with van der Waals surface area (Å²) in [5.41, 5.74) is -0.373. The molecule has 0 aliphatic rings. The largest absolute Gasteiger partial charge is 0.462 e. The van der Waals surface area contributed by atoms with Gasteiger partial charge in [-0.25, -0.2) is 4.79 Å². The predicted octanol–water partition coefficient (Wildman–Crippen LogP) is 4.65. The Kier molecular flexibility index (Phi) is 6.71. The Labute approximate surface area is 161 Å². The van der Waals surface area contributed by atoms with Gasteiger partial charge in [-0.15, -0.1) is 0 Å². The molecular formula is C13H8ClF9O5S. The lowest BCUT2D eigenvalue weighted by atomic mass is 10.1. The standard InChI is InChI=1S/C13H8ClF9O5S/c1-2-27-9(24)6-3-4-8(7(14)5-6)28-29(25,26)13(22,23)11(17,18)10(15,16)12(19,20)21/h3-5H,2H2,1H3. The molecular weight excluding hydrogens is 475 g/mol. The number of halogens is 10. The normalized spacial score (nSPS) is 13.9. The fraction of sp³-hybridized carbons (Fsp3) is 0.462. The van der Waals surface area contributed by atoms with Crippen LogP contribution in [0.15, 0.2) is 18.2 Å². The maximum Gasteiger partial charge on any atom is 0.460 e. The van der Waals surface area contributed by atoms with Crippen LogP contribution in [0.5, 0.6) is 5.75 Å². The van der Waals surface area contributed by atoms with E-state index in [9.17, 15) is 52.7 Å². The summed E-state index contributed by atoms with van der Waals surface area (Å²) in [5.74, 6) is -17.3. The Hall–Kier alpha value is -1.90. The van der Waals surface area contributed by atoms with Crippen molar-refractivity contribution in [1.29, 1.82) is 0 Å². The van der Waals surface area contributed by atoms with Crippen LogP contribution in [0.3, 0.4) is 0 Å². The Morgan fingerprint density at radius 3 is 1.93 bits per heavy atom. The molecule has 0 radical (unpaired) electrons. The van der Waals surface area contributed by atoms with Crippen molar-refractivity contribution in [3.05, 3.63) is 28.8 Å². The van der Waals surface area contributed by atoms with E-state index >= 15 is 0 Å². The number of benzene rings is 1.